The Bertz CT molecular complexity index is 653. The lowest BCUT2D eigenvalue weighted by Gasteiger charge is -2.10. The lowest BCUT2D eigenvalue weighted by atomic mass is 10.1. The molecule has 0 saturated carbocycles. The quantitative estimate of drug-likeness (QED) is 0.738. The van der Waals surface area contributed by atoms with Crippen LogP contribution < -0.4 is 9.47 Å². The average Bonchev–Trinajstić information content (AvgIpc) is 2.54. The zero-order chi connectivity index (χ0) is 16.7. The number of hydrogen-bond acceptors (Lipinski definition) is 3. The standard InChI is InChI=1S/C18H19ClO4/c1-13-12-16(7-8-17(13)19)23-11-10-22-15-5-2-14(3-6-15)4-9-18(20)21/h2-3,5-8,12H,4,9-11H2,1H3,(H,20,21). The highest BCUT2D eigenvalue weighted by atomic mass is 35.5. The highest BCUT2D eigenvalue weighted by molar-refractivity contribution is 6.31. The van der Waals surface area contributed by atoms with Crippen molar-refractivity contribution in [3.63, 3.8) is 0 Å². The molecule has 0 aliphatic carbocycles. The number of aliphatic carboxylic acids is 1. The van der Waals surface area contributed by atoms with Crippen LogP contribution in [0.4, 0.5) is 0 Å². The van der Waals surface area contributed by atoms with Crippen LogP contribution >= 0.6 is 11.6 Å². The summed E-state index contributed by atoms with van der Waals surface area (Å²) in [6.07, 6.45) is 0.656. The Morgan fingerprint density at radius 1 is 1.04 bits per heavy atom. The van der Waals surface area contributed by atoms with Gasteiger partial charge >= 0.3 is 5.97 Å². The van der Waals surface area contributed by atoms with Crippen molar-refractivity contribution < 1.29 is 19.4 Å². The first-order valence-electron chi connectivity index (χ1n) is 7.37. The Labute approximate surface area is 140 Å². The van der Waals surface area contributed by atoms with Gasteiger partial charge < -0.3 is 14.6 Å². The van der Waals surface area contributed by atoms with Gasteiger partial charge in [0.25, 0.3) is 0 Å². The minimum atomic E-state index is -0.792. The third-order valence-electron chi connectivity index (χ3n) is 3.30. The molecule has 0 radical (unpaired) electrons. The molecule has 0 heterocycles. The first kappa shape index (κ1) is 17.2. The first-order valence-corrected chi connectivity index (χ1v) is 7.75. The maximum atomic E-state index is 10.5. The van der Waals surface area contributed by atoms with E-state index in [1.165, 1.54) is 0 Å². The molecule has 2 rings (SSSR count). The monoisotopic (exact) mass is 334 g/mol. The molecule has 0 saturated heterocycles. The Balaban J connectivity index is 1.73. The molecule has 122 valence electrons. The van der Waals surface area contributed by atoms with Crippen molar-refractivity contribution in [3.05, 3.63) is 58.6 Å². The molecule has 1 N–H and O–H groups in total. The predicted molar refractivity (Wildman–Crippen MR) is 89.6 cm³/mol. The molecule has 2 aromatic rings. The van der Waals surface area contributed by atoms with E-state index in [9.17, 15) is 4.79 Å². The number of carbonyl (C=O) groups is 1. The Hall–Kier alpha value is -2.20. The molecule has 0 bridgehead atoms. The Kier molecular flexibility index (Phi) is 6.29. The van der Waals surface area contributed by atoms with E-state index in [0.717, 1.165) is 27.6 Å². The molecule has 0 atom stereocenters. The minimum absolute atomic E-state index is 0.133. The van der Waals surface area contributed by atoms with E-state index in [4.69, 9.17) is 26.2 Å². The van der Waals surface area contributed by atoms with Crippen LogP contribution in [0.2, 0.25) is 5.02 Å². The summed E-state index contributed by atoms with van der Waals surface area (Å²) in [4.78, 5) is 10.5. The zero-order valence-electron chi connectivity index (χ0n) is 12.9. The number of hydrogen-bond donors (Lipinski definition) is 1. The van der Waals surface area contributed by atoms with Crippen molar-refractivity contribution in [2.24, 2.45) is 0 Å². The highest BCUT2D eigenvalue weighted by Crippen LogP contribution is 2.21. The normalized spacial score (nSPS) is 10.3. The molecule has 0 aromatic heterocycles. The SMILES string of the molecule is Cc1cc(OCCOc2ccc(CCC(=O)O)cc2)ccc1Cl. The number of benzene rings is 2. The second-order valence-electron chi connectivity index (χ2n) is 5.15. The maximum absolute atomic E-state index is 10.5. The van der Waals surface area contributed by atoms with Crippen molar-refractivity contribution in [2.45, 2.75) is 19.8 Å². The maximum Gasteiger partial charge on any atom is 0.303 e. The number of carboxylic acids is 1. The molecule has 2 aromatic carbocycles. The third kappa shape index (κ3) is 5.83. The van der Waals surface area contributed by atoms with Crippen LogP contribution in [0.5, 0.6) is 11.5 Å². The van der Waals surface area contributed by atoms with Gasteiger partial charge in [-0.1, -0.05) is 23.7 Å². The number of aryl methyl sites for hydroxylation is 2. The van der Waals surface area contributed by atoms with Crippen LogP contribution in [0, 0.1) is 6.92 Å². The summed E-state index contributed by atoms with van der Waals surface area (Å²) >= 11 is 5.96. The number of carboxylic acid groups (broad SMARTS) is 1. The Morgan fingerprint density at radius 3 is 2.26 bits per heavy atom. The first-order chi connectivity index (χ1) is 11.0. The van der Waals surface area contributed by atoms with Crippen molar-refractivity contribution in [1.82, 2.24) is 0 Å². The number of halogens is 1. The predicted octanol–water partition coefficient (Wildman–Crippen LogP) is 4.12. The second-order valence-corrected chi connectivity index (χ2v) is 5.55. The molecule has 5 heteroatoms. The van der Waals surface area contributed by atoms with Crippen LogP contribution in [-0.4, -0.2) is 24.3 Å². The lowest BCUT2D eigenvalue weighted by Crippen LogP contribution is -2.09. The highest BCUT2D eigenvalue weighted by Gasteiger charge is 2.01. The summed E-state index contributed by atoms with van der Waals surface area (Å²) in [5.41, 5.74) is 1.95. The van der Waals surface area contributed by atoms with Crippen LogP contribution in [0.15, 0.2) is 42.5 Å². The van der Waals surface area contributed by atoms with Crippen molar-refractivity contribution in [1.29, 1.82) is 0 Å². The third-order valence-corrected chi connectivity index (χ3v) is 3.73. The van der Waals surface area contributed by atoms with Gasteiger partial charge in [-0.05, 0) is 54.8 Å². The summed E-state index contributed by atoms with van der Waals surface area (Å²) < 4.78 is 11.2. The van der Waals surface area contributed by atoms with Gasteiger partial charge in [-0.3, -0.25) is 4.79 Å². The second kappa shape index (κ2) is 8.44. The van der Waals surface area contributed by atoms with Crippen LogP contribution in [0.3, 0.4) is 0 Å². The summed E-state index contributed by atoms with van der Waals surface area (Å²) in [7, 11) is 0. The fraction of sp³-hybridized carbons (Fsp3) is 0.278. The topological polar surface area (TPSA) is 55.8 Å². The molecular weight excluding hydrogens is 316 g/mol. The van der Waals surface area contributed by atoms with Gasteiger partial charge in [-0.2, -0.15) is 0 Å². The van der Waals surface area contributed by atoms with E-state index in [1.807, 2.05) is 49.4 Å². The molecule has 0 aliphatic rings. The summed E-state index contributed by atoms with van der Waals surface area (Å²) in [6.45, 7) is 2.79. The molecule has 0 spiro atoms. The molecule has 0 aliphatic heterocycles. The van der Waals surface area contributed by atoms with Crippen LogP contribution in [0.25, 0.3) is 0 Å². The van der Waals surface area contributed by atoms with Gasteiger partial charge in [-0.15, -0.1) is 0 Å². The summed E-state index contributed by atoms with van der Waals surface area (Å²) in [6, 6.07) is 13.0. The van der Waals surface area contributed by atoms with E-state index in [1.54, 1.807) is 0 Å². The smallest absolute Gasteiger partial charge is 0.303 e. The van der Waals surface area contributed by atoms with Crippen LogP contribution in [0.1, 0.15) is 17.5 Å². The number of rotatable bonds is 8. The van der Waals surface area contributed by atoms with Gasteiger partial charge in [0.2, 0.25) is 0 Å². The molecule has 4 nitrogen and oxygen atoms in total. The van der Waals surface area contributed by atoms with E-state index in [-0.39, 0.29) is 6.42 Å². The van der Waals surface area contributed by atoms with Crippen molar-refractivity contribution >= 4 is 17.6 Å². The summed E-state index contributed by atoms with van der Waals surface area (Å²) in [5.74, 6) is 0.708. The van der Waals surface area contributed by atoms with E-state index < -0.39 is 5.97 Å². The number of ether oxygens (including phenoxy) is 2. The van der Waals surface area contributed by atoms with E-state index in [0.29, 0.717) is 19.6 Å². The Morgan fingerprint density at radius 2 is 1.65 bits per heavy atom. The van der Waals surface area contributed by atoms with Crippen molar-refractivity contribution in [3.8, 4) is 11.5 Å². The zero-order valence-corrected chi connectivity index (χ0v) is 13.7. The van der Waals surface area contributed by atoms with E-state index >= 15 is 0 Å². The van der Waals surface area contributed by atoms with Crippen LogP contribution in [-0.2, 0) is 11.2 Å². The summed E-state index contributed by atoms with van der Waals surface area (Å²) in [5, 5.41) is 9.37. The fourth-order valence-electron chi connectivity index (χ4n) is 2.03. The van der Waals surface area contributed by atoms with Gasteiger partial charge in [0.05, 0.1) is 0 Å². The largest absolute Gasteiger partial charge is 0.490 e. The van der Waals surface area contributed by atoms with E-state index in [2.05, 4.69) is 0 Å². The lowest BCUT2D eigenvalue weighted by molar-refractivity contribution is -0.136. The van der Waals surface area contributed by atoms with Gasteiger partial charge in [-0.25, -0.2) is 0 Å². The minimum Gasteiger partial charge on any atom is -0.490 e. The molecule has 23 heavy (non-hydrogen) atoms. The van der Waals surface area contributed by atoms with Crippen molar-refractivity contribution in [2.75, 3.05) is 13.2 Å². The fourth-order valence-corrected chi connectivity index (χ4v) is 2.15. The molecule has 0 unspecified atom stereocenters. The molecular formula is C18H19ClO4. The molecule has 0 amide bonds. The van der Waals surface area contributed by atoms with Gasteiger partial charge in [0.1, 0.15) is 24.7 Å². The van der Waals surface area contributed by atoms with Gasteiger partial charge in [0, 0.05) is 11.4 Å². The van der Waals surface area contributed by atoms with Gasteiger partial charge in [0.15, 0.2) is 0 Å². The average molecular weight is 335 g/mol. The molecule has 0 fully saturated rings.